The monoisotopic (exact) mass is 410 g/mol. The van der Waals surface area contributed by atoms with Gasteiger partial charge < -0.3 is 4.42 Å². The first-order chi connectivity index (χ1) is 14.9. The Hall–Kier alpha value is -3.93. The fourth-order valence-electron chi connectivity index (χ4n) is 3.69. The van der Waals surface area contributed by atoms with E-state index in [1.807, 2.05) is 56.3 Å². The molecule has 0 fully saturated rings. The van der Waals surface area contributed by atoms with Gasteiger partial charge in [0.25, 0.3) is 5.56 Å². The van der Waals surface area contributed by atoms with Gasteiger partial charge in [-0.1, -0.05) is 12.1 Å². The summed E-state index contributed by atoms with van der Waals surface area (Å²) in [5, 5.41) is 4.95. The molecule has 31 heavy (non-hydrogen) atoms. The molecule has 0 saturated carbocycles. The Bertz CT molecular complexity index is 1490. The molecule has 0 aliphatic carbocycles. The van der Waals surface area contributed by atoms with E-state index < -0.39 is 0 Å². The van der Waals surface area contributed by atoms with E-state index in [2.05, 4.69) is 18.9 Å². The zero-order valence-electron chi connectivity index (χ0n) is 17.9. The van der Waals surface area contributed by atoms with Crippen LogP contribution in [0, 0.1) is 27.7 Å². The van der Waals surface area contributed by atoms with Crippen molar-refractivity contribution in [1.82, 2.24) is 19.3 Å². The van der Waals surface area contributed by atoms with Crippen LogP contribution in [-0.2, 0) is 0 Å². The van der Waals surface area contributed by atoms with E-state index in [0.717, 1.165) is 28.1 Å². The molecule has 0 radical (unpaired) electrons. The predicted molar refractivity (Wildman–Crippen MR) is 121 cm³/mol. The minimum Gasteiger partial charge on any atom is -0.461 e. The van der Waals surface area contributed by atoms with Crippen molar-refractivity contribution in [2.75, 3.05) is 0 Å². The molecular formula is C25H22N4O2. The number of furan rings is 1. The highest BCUT2D eigenvalue weighted by atomic mass is 16.3. The standard InChI is InChI=1S/C25H22N4O2/c1-15-7-9-19(12-17(15)3)28-24(22-6-5-11-31-22)27-23-21(25(28)30)14-26-29(23)20-10-8-16(2)18(4)13-20/h5-14H,1-4H3. The maximum Gasteiger partial charge on any atom is 0.269 e. The van der Waals surface area contributed by atoms with Gasteiger partial charge >= 0.3 is 0 Å². The van der Waals surface area contributed by atoms with Crippen molar-refractivity contribution in [2.24, 2.45) is 0 Å². The number of aryl methyl sites for hydroxylation is 4. The van der Waals surface area contributed by atoms with Crippen molar-refractivity contribution in [1.29, 1.82) is 0 Å². The van der Waals surface area contributed by atoms with Crippen LogP contribution in [-0.4, -0.2) is 19.3 Å². The van der Waals surface area contributed by atoms with Crippen LogP contribution in [0.3, 0.4) is 0 Å². The maximum absolute atomic E-state index is 13.6. The normalized spacial score (nSPS) is 11.4. The summed E-state index contributed by atoms with van der Waals surface area (Å²) in [7, 11) is 0. The van der Waals surface area contributed by atoms with E-state index in [1.54, 1.807) is 27.8 Å². The van der Waals surface area contributed by atoms with Gasteiger partial charge in [0.15, 0.2) is 17.2 Å². The Labute approximate surface area is 179 Å². The molecule has 6 nitrogen and oxygen atoms in total. The predicted octanol–water partition coefficient (Wildman–Crippen LogP) is 5.07. The smallest absolute Gasteiger partial charge is 0.269 e. The van der Waals surface area contributed by atoms with E-state index in [1.165, 1.54) is 5.56 Å². The fraction of sp³-hybridized carbons (Fsp3) is 0.160. The zero-order valence-corrected chi connectivity index (χ0v) is 17.9. The van der Waals surface area contributed by atoms with Crippen molar-refractivity contribution in [3.05, 3.63) is 93.6 Å². The molecule has 3 aromatic heterocycles. The third kappa shape index (κ3) is 3.08. The number of hydrogen-bond donors (Lipinski definition) is 0. The van der Waals surface area contributed by atoms with Crippen LogP contribution in [0.4, 0.5) is 0 Å². The van der Waals surface area contributed by atoms with Gasteiger partial charge in [-0.25, -0.2) is 9.67 Å². The second-order valence-electron chi connectivity index (χ2n) is 7.88. The lowest BCUT2D eigenvalue weighted by atomic mass is 10.1. The summed E-state index contributed by atoms with van der Waals surface area (Å²) < 4.78 is 8.95. The molecule has 0 bridgehead atoms. The third-order valence-electron chi connectivity index (χ3n) is 5.83. The molecule has 0 N–H and O–H groups in total. The van der Waals surface area contributed by atoms with E-state index >= 15 is 0 Å². The number of fused-ring (bicyclic) bond motifs is 1. The molecule has 0 aliphatic rings. The average molecular weight is 410 g/mol. The first kappa shape index (κ1) is 19.1. The molecule has 0 atom stereocenters. The first-order valence-electron chi connectivity index (χ1n) is 10.1. The van der Waals surface area contributed by atoms with Gasteiger partial charge in [-0.05, 0) is 86.3 Å². The summed E-state index contributed by atoms with van der Waals surface area (Å²) in [6.45, 7) is 8.19. The molecule has 5 rings (SSSR count). The minimum absolute atomic E-state index is 0.185. The Morgan fingerprint density at radius 3 is 2.16 bits per heavy atom. The molecule has 0 amide bonds. The lowest BCUT2D eigenvalue weighted by molar-refractivity contribution is 0.574. The number of aromatic nitrogens is 4. The van der Waals surface area contributed by atoms with Crippen molar-refractivity contribution in [3.8, 4) is 23.0 Å². The Morgan fingerprint density at radius 2 is 1.52 bits per heavy atom. The van der Waals surface area contributed by atoms with Crippen molar-refractivity contribution in [3.63, 3.8) is 0 Å². The second-order valence-corrected chi connectivity index (χ2v) is 7.88. The molecule has 2 aromatic carbocycles. The highest BCUT2D eigenvalue weighted by Crippen LogP contribution is 2.25. The lowest BCUT2D eigenvalue weighted by Gasteiger charge is -2.13. The highest BCUT2D eigenvalue weighted by Gasteiger charge is 2.20. The van der Waals surface area contributed by atoms with Gasteiger partial charge in [0.2, 0.25) is 0 Å². The Balaban J connectivity index is 1.83. The van der Waals surface area contributed by atoms with Crippen LogP contribution in [0.5, 0.6) is 0 Å². The van der Waals surface area contributed by atoms with Crippen LogP contribution < -0.4 is 5.56 Å². The minimum atomic E-state index is -0.185. The molecule has 0 spiro atoms. The van der Waals surface area contributed by atoms with E-state index in [4.69, 9.17) is 9.40 Å². The van der Waals surface area contributed by atoms with Crippen molar-refractivity contribution >= 4 is 11.0 Å². The van der Waals surface area contributed by atoms with Gasteiger partial charge in [0.1, 0.15) is 5.39 Å². The Morgan fingerprint density at radius 1 is 0.839 bits per heavy atom. The van der Waals surface area contributed by atoms with E-state index in [-0.39, 0.29) is 5.56 Å². The average Bonchev–Trinajstić information content (AvgIpc) is 3.42. The SMILES string of the molecule is Cc1ccc(-n2c(-c3ccco3)nc3c(cnn3-c3ccc(C)c(C)c3)c2=O)cc1C. The molecule has 154 valence electrons. The molecular weight excluding hydrogens is 388 g/mol. The molecule has 6 heteroatoms. The summed E-state index contributed by atoms with van der Waals surface area (Å²) in [4.78, 5) is 18.5. The zero-order chi connectivity index (χ0) is 21.7. The largest absolute Gasteiger partial charge is 0.461 e. The van der Waals surface area contributed by atoms with E-state index in [0.29, 0.717) is 22.6 Å². The number of hydrogen-bond acceptors (Lipinski definition) is 4. The van der Waals surface area contributed by atoms with Crippen molar-refractivity contribution < 1.29 is 4.42 Å². The van der Waals surface area contributed by atoms with E-state index in [9.17, 15) is 4.79 Å². The van der Waals surface area contributed by atoms with Crippen LogP contribution >= 0.6 is 0 Å². The molecule has 3 heterocycles. The summed E-state index contributed by atoms with van der Waals surface area (Å²) in [5.74, 6) is 0.960. The second kappa shape index (κ2) is 7.09. The van der Waals surface area contributed by atoms with Gasteiger partial charge in [0, 0.05) is 0 Å². The Kier molecular flexibility index (Phi) is 4.36. The van der Waals surface area contributed by atoms with Crippen LogP contribution in [0.15, 0.2) is 70.2 Å². The summed E-state index contributed by atoms with van der Waals surface area (Å²) in [6.07, 6.45) is 3.17. The summed E-state index contributed by atoms with van der Waals surface area (Å²) >= 11 is 0. The van der Waals surface area contributed by atoms with Crippen molar-refractivity contribution in [2.45, 2.75) is 27.7 Å². The molecule has 5 aromatic rings. The van der Waals surface area contributed by atoms with Crippen LogP contribution in [0.1, 0.15) is 22.3 Å². The van der Waals surface area contributed by atoms with Gasteiger partial charge in [-0.2, -0.15) is 5.10 Å². The fourth-order valence-corrected chi connectivity index (χ4v) is 3.69. The first-order valence-corrected chi connectivity index (χ1v) is 10.1. The lowest BCUT2D eigenvalue weighted by Crippen LogP contribution is -2.22. The molecule has 0 unspecified atom stereocenters. The molecule has 0 saturated heterocycles. The third-order valence-corrected chi connectivity index (χ3v) is 5.83. The summed E-state index contributed by atoms with van der Waals surface area (Å²) in [5.41, 5.74) is 6.52. The summed E-state index contributed by atoms with van der Waals surface area (Å²) in [6, 6.07) is 15.6. The number of nitrogens with zero attached hydrogens (tertiary/aromatic N) is 4. The quantitative estimate of drug-likeness (QED) is 0.417. The van der Waals surface area contributed by atoms with Gasteiger partial charge in [-0.15, -0.1) is 0 Å². The maximum atomic E-state index is 13.6. The van der Waals surface area contributed by atoms with Crippen LogP contribution in [0.2, 0.25) is 0 Å². The molecule has 0 aliphatic heterocycles. The topological polar surface area (TPSA) is 65.8 Å². The number of benzene rings is 2. The highest BCUT2D eigenvalue weighted by molar-refractivity contribution is 5.78. The number of rotatable bonds is 3. The van der Waals surface area contributed by atoms with Gasteiger partial charge in [0.05, 0.1) is 23.8 Å². The van der Waals surface area contributed by atoms with Gasteiger partial charge in [-0.3, -0.25) is 9.36 Å². The van der Waals surface area contributed by atoms with Crippen LogP contribution in [0.25, 0.3) is 34.0 Å².